The van der Waals surface area contributed by atoms with Crippen molar-refractivity contribution in [3.8, 4) is 0 Å². The second kappa shape index (κ2) is 7.38. The highest BCUT2D eigenvalue weighted by Crippen LogP contribution is 2.07. The number of carbonyl (C=O) groups is 2. The fourth-order valence-electron chi connectivity index (χ4n) is 2.35. The Balaban J connectivity index is 2.44. The molecule has 6 nitrogen and oxygen atoms in total. The molecule has 0 bridgehead atoms. The topological polar surface area (TPSA) is 65.0 Å². The number of nitrogens with zero attached hydrogens (tertiary/aromatic N) is 3. The predicted octanol–water partition coefficient (Wildman–Crippen LogP) is 0.830. The van der Waals surface area contributed by atoms with Gasteiger partial charge in [0.2, 0.25) is 5.91 Å². The van der Waals surface area contributed by atoms with E-state index in [0.717, 1.165) is 6.54 Å². The SMILES string of the molecule is CC(C)N(CCNC(=O)C1=NN(C)C(=O)CC1)C(C)C. The molecule has 2 amide bonds. The van der Waals surface area contributed by atoms with Crippen molar-refractivity contribution >= 4 is 17.5 Å². The minimum atomic E-state index is -0.170. The van der Waals surface area contributed by atoms with Gasteiger partial charge in [-0.05, 0) is 27.7 Å². The Kier molecular flexibility index (Phi) is 6.13. The molecule has 0 unspecified atom stereocenters. The number of nitrogens with one attached hydrogen (secondary N) is 1. The summed E-state index contributed by atoms with van der Waals surface area (Å²) in [5, 5.41) is 8.13. The van der Waals surface area contributed by atoms with E-state index >= 15 is 0 Å². The van der Waals surface area contributed by atoms with Crippen LogP contribution in [0.15, 0.2) is 5.10 Å². The highest BCUT2D eigenvalue weighted by Gasteiger charge is 2.22. The number of amides is 2. The van der Waals surface area contributed by atoms with Crippen LogP contribution in [0.3, 0.4) is 0 Å². The maximum atomic E-state index is 12.0. The van der Waals surface area contributed by atoms with E-state index in [1.54, 1.807) is 7.05 Å². The van der Waals surface area contributed by atoms with E-state index in [9.17, 15) is 9.59 Å². The summed E-state index contributed by atoms with van der Waals surface area (Å²) in [5.74, 6) is -0.218. The molecule has 0 atom stereocenters. The van der Waals surface area contributed by atoms with Crippen LogP contribution >= 0.6 is 0 Å². The molecule has 1 N–H and O–H groups in total. The molecule has 114 valence electrons. The second-order valence-electron chi connectivity index (χ2n) is 5.65. The van der Waals surface area contributed by atoms with Gasteiger partial charge >= 0.3 is 0 Å². The van der Waals surface area contributed by atoms with Crippen LogP contribution in [0.4, 0.5) is 0 Å². The fraction of sp³-hybridized carbons (Fsp3) is 0.786. The molecule has 1 rings (SSSR count). The zero-order valence-electron chi connectivity index (χ0n) is 13.1. The van der Waals surface area contributed by atoms with Crippen LogP contribution in [0.5, 0.6) is 0 Å². The zero-order valence-corrected chi connectivity index (χ0v) is 13.1. The molecule has 0 aromatic rings. The van der Waals surface area contributed by atoms with Crippen molar-refractivity contribution in [2.45, 2.75) is 52.6 Å². The Labute approximate surface area is 121 Å². The Bertz CT molecular complexity index is 383. The van der Waals surface area contributed by atoms with Crippen LogP contribution in [-0.4, -0.2) is 59.7 Å². The molecule has 0 radical (unpaired) electrons. The van der Waals surface area contributed by atoms with Gasteiger partial charge < -0.3 is 5.32 Å². The van der Waals surface area contributed by atoms with Crippen LogP contribution in [-0.2, 0) is 9.59 Å². The van der Waals surface area contributed by atoms with E-state index in [-0.39, 0.29) is 11.8 Å². The average molecular weight is 282 g/mol. The van der Waals surface area contributed by atoms with E-state index in [0.29, 0.717) is 37.2 Å². The quantitative estimate of drug-likeness (QED) is 0.785. The van der Waals surface area contributed by atoms with Gasteiger partial charge in [0.25, 0.3) is 5.91 Å². The van der Waals surface area contributed by atoms with Crippen molar-refractivity contribution in [3.63, 3.8) is 0 Å². The smallest absolute Gasteiger partial charge is 0.267 e. The Morgan fingerprint density at radius 3 is 2.40 bits per heavy atom. The van der Waals surface area contributed by atoms with Crippen molar-refractivity contribution in [3.05, 3.63) is 0 Å². The predicted molar refractivity (Wildman–Crippen MR) is 79.4 cm³/mol. The first-order valence-electron chi connectivity index (χ1n) is 7.21. The first-order chi connectivity index (χ1) is 9.32. The normalized spacial score (nSPS) is 16.1. The lowest BCUT2D eigenvalue weighted by Gasteiger charge is -2.30. The van der Waals surface area contributed by atoms with Crippen molar-refractivity contribution in [2.75, 3.05) is 20.1 Å². The van der Waals surface area contributed by atoms with E-state index in [2.05, 4.69) is 43.0 Å². The summed E-state index contributed by atoms with van der Waals surface area (Å²) in [4.78, 5) is 25.6. The molecular formula is C14H26N4O2. The summed E-state index contributed by atoms with van der Waals surface area (Å²) in [6.45, 7) is 9.98. The molecule has 1 aliphatic rings. The van der Waals surface area contributed by atoms with Crippen LogP contribution in [0.2, 0.25) is 0 Å². The number of rotatable bonds is 6. The molecule has 0 aliphatic carbocycles. The molecule has 0 spiro atoms. The molecule has 0 aromatic heterocycles. The second-order valence-corrected chi connectivity index (χ2v) is 5.65. The van der Waals surface area contributed by atoms with Crippen LogP contribution in [0, 0.1) is 0 Å². The van der Waals surface area contributed by atoms with E-state index in [4.69, 9.17) is 0 Å². The van der Waals surface area contributed by atoms with Gasteiger partial charge in [0, 0.05) is 45.1 Å². The third-order valence-electron chi connectivity index (χ3n) is 3.45. The van der Waals surface area contributed by atoms with Gasteiger partial charge in [0.1, 0.15) is 5.71 Å². The lowest BCUT2D eigenvalue weighted by Crippen LogP contribution is -2.44. The molecule has 1 aliphatic heterocycles. The van der Waals surface area contributed by atoms with Gasteiger partial charge in [-0.15, -0.1) is 0 Å². The Morgan fingerprint density at radius 2 is 1.90 bits per heavy atom. The Hall–Kier alpha value is -1.43. The van der Waals surface area contributed by atoms with E-state index in [1.165, 1.54) is 5.01 Å². The number of carbonyl (C=O) groups excluding carboxylic acids is 2. The van der Waals surface area contributed by atoms with Crippen LogP contribution in [0.25, 0.3) is 0 Å². The first-order valence-corrected chi connectivity index (χ1v) is 7.21. The minimum absolute atomic E-state index is 0.0488. The summed E-state index contributed by atoms with van der Waals surface area (Å²) in [6.07, 6.45) is 0.778. The lowest BCUT2D eigenvalue weighted by atomic mass is 10.1. The van der Waals surface area contributed by atoms with Crippen LogP contribution in [0.1, 0.15) is 40.5 Å². The highest BCUT2D eigenvalue weighted by atomic mass is 16.2. The third kappa shape index (κ3) is 4.59. The van der Waals surface area contributed by atoms with Crippen molar-refractivity contribution < 1.29 is 9.59 Å². The Morgan fingerprint density at radius 1 is 1.30 bits per heavy atom. The van der Waals surface area contributed by atoms with Gasteiger partial charge in [-0.3, -0.25) is 14.5 Å². The molecule has 6 heteroatoms. The molecule has 0 saturated heterocycles. The van der Waals surface area contributed by atoms with Gasteiger partial charge in [0.05, 0.1) is 0 Å². The summed E-state index contributed by atoms with van der Waals surface area (Å²) in [7, 11) is 1.58. The van der Waals surface area contributed by atoms with Gasteiger partial charge in [-0.1, -0.05) is 0 Å². The maximum Gasteiger partial charge on any atom is 0.267 e. The molecule has 0 fully saturated rings. The van der Waals surface area contributed by atoms with Gasteiger partial charge in [-0.25, -0.2) is 5.01 Å². The monoisotopic (exact) mass is 282 g/mol. The standard InChI is InChI=1S/C14H26N4O2/c1-10(2)18(11(3)4)9-8-15-14(20)12-6-7-13(19)17(5)16-12/h10-11H,6-9H2,1-5H3,(H,15,20). The first kappa shape index (κ1) is 16.6. The van der Waals surface area contributed by atoms with Crippen molar-refractivity contribution in [1.29, 1.82) is 0 Å². The number of hydrogen-bond acceptors (Lipinski definition) is 4. The number of hydrogen-bond donors (Lipinski definition) is 1. The third-order valence-corrected chi connectivity index (χ3v) is 3.45. The van der Waals surface area contributed by atoms with Crippen LogP contribution < -0.4 is 5.32 Å². The zero-order chi connectivity index (χ0) is 15.3. The summed E-state index contributed by atoms with van der Waals surface area (Å²) < 4.78 is 0. The van der Waals surface area contributed by atoms with Gasteiger partial charge in [0.15, 0.2) is 0 Å². The summed E-state index contributed by atoms with van der Waals surface area (Å²) >= 11 is 0. The molecule has 20 heavy (non-hydrogen) atoms. The van der Waals surface area contributed by atoms with E-state index < -0.39 is 0 Å². The highest BCUT2D eigenvalue weighted by molar-refractivity contribution is 6.39. The lowest BCUT2D eigenvalue weighted by molar-refractivity contribution is -0.130. The van der Waals surface area contributed by atoms with Gasteiger partial charge in [-0.2, -0.15) is 5.10 Å². The largest absolute Gasteiger partial charge is 0.350 e. The average Bonchev–Trinajstić information content (AvgIpc) is 2.36. The maximum absolute atomic E-state index is 12.0. The van der Waals surface area contributed by atoms with E-state index in [1.807, 2.05) is 0 Å². The molecule has 0 saturated carbocycles. The fourth-order valence-corrected chi connectivity index (χ4v) is 2.35. The molecule has 0 aromatic carbocycles. The molecular weight excluding hydrogens is 256 g/mol. The summed E-state index contributed by atoms with van der Waals surface area (Å²) in [6, 6.07) is 0.894. The molecule has 1 heterocycles. The van der Waals surface area contributed by atoms with Crippen molar-refractivity contribution in [1.82, 2.24) is 15.2 Å². The summed E-state index contributed by atoms with van der Waals surface area (Å²) in [5.41, 5.74) is 0.438. The minimum Gasteiger partial charge on any atom is -0.350 e. The van der Waals surface area contributed by atoms with Crippen molar-refractivity contribution in [2.24, 2.45) is 5.10 Å². The number of hydrazone groups is 1.